The minimum absolute atomic E-state index is 0.00189. The summed E-state index contributed by atoms with van der Waals surface area (Å²) in [7, 11) is 1.91. The number of carbonyl (C=O) groups is 2. The molecule has 0 unspecified atom stereocenters. The van der Waals surface area contributed by atoms with Crippen LogP contribution in [0.4, 0.5) is 0 Å². The smallest absolute Gasteiger partial charge is 0.335 e. The Balaban J connectivity index is 2.21. The molecule has 20 heavy (non-hydrogen) atoms. The van der Waals surface area contributed by atoms with E-state index in [2.05, 4.69) is 0 Å². The Morgan fingerprint density at radius 3 is 2.20 bits per heavy atom. The number of carboxylic acids is 2. The number of aromatic carboxylic acids is 2. The Morgan fingerprint density at radius 2 is 1.75 bits per heavy atom. The Hall–Kier alpha value is -2.63. The number of nitrogens with zero attached hydrogens (tertiary/aromatic N) is 2. The van der Waals surface area contributed by atoms with Crippen LogP contribution in [0.2, 0.25) is 0 Å². The Kier molecular flexibility index (Phi) is 3.84. The summed E-state index contributed by atoms with van der Waals surface area (Å²) in [5.41, 5.74) is 0.689. The maximum absolute atomic E-state index is 11.0. The van der Waals surface area contributed by atoms with E-state index in [9.17, 15) is 9.59 Å². The Bertz CT molecular complexity index is 629. The zero-order valence-electron chi connectivity index (χ0n) is 11.0. The van der Waals surface area contributed by atoms with Crippen LogP contribution in [-0.4, -0.2) is 26.7 Å². The number of benzene rings is 1. The van der Waals surface area contributed by atoms with Crippen LogP contribution < -0.4 is 4.57 Å². The van der Waals surface area contributed by atoms with E-state index in [0.717, 1.165) is 0 Å². The van der Waals surface area contributed by atoms with Crippen LogP contribution in [0, 0.1) is 0 Å². The second-order valence-electron chi connectivity index (χ2n) is 4.60. The van der Waals surface area contributed by atoms with Crippen LogP contribution in [-0.2, 0) is 20.0 Å². The predicted octanol–water partition coefficient (Wildman–Crippen LogP) is 0.952. The summed E-state index contributed by atoms with van der Waals surface area (Å²) >= 11 is 0. The van der Waals surface area contributed by atoms with Crippen molar-refractivity contribution < 1.29 is 24.4 Å². The third kappa shape index (κ3) is 3.23. The highest BCUT2D eigenvalue weighted by atomic mass is 16.4. The molecule has 0 aliphatic heterocycles. The molecule has 1 aromatic heterocycles. The minimum Gasteiger partial charge on any atom is -0.478 e. The van der Waals surface area contributed by atoms with Crippen LogP contribution in [0.15, 0.2) is 36.9 Å². The number of carboxylic acid groups (broad SMARTS) is 2. The average molecular weight is 275 g/mol. The molecule has 0 spiro atoms. The second kappa shape index (κ2) is 5.56. The van der Waals surface area contributed by atoms with Crippen molar-refractivity contribution in [1.29, 1.82) is 0 Å². The molecule has 0 saturated carbocycles. The summed E-state index contributed by atoms with van der Waals surface area (Å²) in [6.45, 7) is 0.656. The maximum Gasteiger partial charge on any atom is 0.335 e. The molecule has 2 rings (SSSR count). The zero-order valence-corrected chi connectivity index (χ0v) is 11.0. The lowest BCUT2D eigenvalue weighted by Crippen LogP contribution is -2.32. The van der Waals surface area contributed by atoms with Gasteiger partial charge >= 0.3 is 11.9 Å². The molecule has 0 aliphatic carbocycles. The molecular formula is C14H15N2O4+. The van der Waals surface area contributed by atoms with Gasteiger partial charge in [0.25, 0.3) is 0 Å². The average Bonchev–Trinajstić information content (AvgIpc) is 2.81. The fourth-order valence-electron chi connectivity index (χ4n) is 1.98. The molecular weight excluding hydrogens is 260 g/mol. The summed E-state index contributed by atoms with van der Waals surface area (Å²) < 4.78 is 3.85. The van der Waals surface area contributed by atoms with Gasteiger partial charge in [-0.1, -0.05) is 0 Å². The van der Waals surface area contributed by atoms with Gasteiger partial charge in [-0.05, 0) is 23.8 Å². The second-order valence-corrected chi connectivity index (χ2v) is 4.60. The van der Waals surface area contributed by atoms with Crippen LogP contribution in [0.3, 0.4) is 0 Å². The largest absolute Gasteiger partial charge is 0.478 e. The predicted molar refractivity (Wildman–Crippen MR) is 69.7 cm³/mol. The quantitative estimate of drug-likeness (QED) is 0.796. The summed E-state index contributed by atoms with van der Waals surface area (Å²) in [6, 6.07) is 4.19. The van der Waals surface area contributed by atoms with E-state index in [-0.39, 0.29) is 11.1 Å². The molecule has 0 atom stereocenters. The van der Waals surface area contributed by atoms with Gasteiger partial charge in [-0.3, -0.25) is 0 Å². The summed E-state index contributed by atoms with van der Waals surface area (Å²) in [5.74, 6) is -2.25. The van der Waals surface area contributed by atoms with Crippen LogP contribution in [0.1, 0.15) is 26.3 Å². The first-order valence-electron chi connectivity index (χ1n) is 6.07. The molecule has 2 N–H and O–H groups in total. The van der Waals surface area contributed by atoms with Crippen LogP contribution >= 0.6 is 0 Å². The zero-order chi connectivity index (χ0) is 14.7. The minimum atomic E-state index is -1.12. The summed E-state index contributed by atoms with van der Waals surface area (Å²) in [5, 5.41) is 18.0. The molecule has 2 aromatic rings. The number of hydrogen-bond donors (Lipinski definition) is 2. The molecule has 0 aliphatic rings. The SMILES string of the molecule is Cn1cc[n+](CCc2cc(C(=O)O)cc(C(=O)O)c2)c1. The van der Waals surface area contributed by atoms with Crippen molar-refractivity contribution in [3.8, 4) is 0 Å². The topological polar surface area (TPSA) is 83.4 Å². The van der Waals surface area contributed by atoms with Crippen molar-refractivity contribution in [3.05, 3.63) is 53.6 Å². The fourth-order valence-corrected chi connectivity index (χ4v) is 1.98. The van der Waals surface area contributed by atoms with Gasteiger partial charge in [-0.25, -0.2) is 18.7 Å². The van der Waals surface area contributed by atoms with E-state index in [1.165, 1.54) is 18.2 Å². The highest BCUT2D eigenvalue weighted by molar-refractivity contribution is 5.94. The monoisotopic (exact) mass is 275 g/mol. The van der Waals surface area contributed by atoms with Gasteiger partial charge in [0.1, 0.15) is 12.4 Å². The number of hydrogen-bond acceptors (Lipinski definition) is 2. The van der Waals surface area contributed by atoms with Crippen molar-refractivity contribution >= 4 is 11.9 Å². The third-order valence-corrected chi connectivity index (χ3v) is 2.97. The highest BCUT2D eigenvalue weighted by Gasteiger charge is 2.12. The molecule has 6 heteroatoms. The number of rotatable bonds is 5. The van der Waals surface area contributed by atoms with Crippen molar-refractivity contribution in [2.75, 3.05) is 0 Å². The molecule has 6 nitrogen and oxygen atoms in total. The molecule has 1 heterocycles. The van der Waals surface area contributed by atoms with E-state index in [1.54, 1.807) is 0 Å². The van der Waals surface area contributed by atoms with Crippen LogP contribution in [0.5, 0.6) is 0 Å². The summed E-state index contributed by atoms with van der Waals surface area (Å²) in [4.78, 5) is 22.0. The first-order valence-corrected chi connectivity index (χ1v) is 6.07. The van der Waals surface area contributed by atoms with Crippen molar-refractivity contribution in [2.45, 2.75) is 13.0 Å². The lowest BCUT2D eigenvalue weighted by atomic mass is 10.0. The molecule has 0 amide bonds. The van der Waals surface area contributed by atoms with Gasteiger partial charge in [0.2, 0.25) is 6.33 Å². The first kappa shape index (κ1) is 13.8. The molecule has 1 aromatic carbocycles. The molecule has 0 bridgehead atoms. The van der Waals surface area contributed by atoms with E-state index in [4.69, 9.17) is 10.2 Å². The molecule has 0 fully saturated rings. The van der Waals surface area contributed by atoms with E-state index >= 15 is 0 Å². The van der Waals surface area contributed by atoms with Crippen molar-refractivity contribution in [2.24, 2.45) is 7.05 Å². The van der Waals surface area contributed by atoms with Gasteiger partial charge in [0.15, 0.2) is 0 Å². The Morgan fingerprint density at radius 1 is 1.15 bits per heavy atom. The van der Waals surface area contributed by atoms with Gasteiger partial charge < -0.3 is 10.2 Å². The number of imidazole rings is 1. The highest BCUT2D eigenvalue weighted by Crippen LogP contribution is 2.12. The van der Waals surface area contributed by atoms with Gasteiger partial charge in [-0.2, -0.15) is 0 Å². The van der Waals surface area contributed by atoms with Gasteiger partial charge in [0, 0.05) is 6.42 Å². The van der Waals surface area contributed by atoms with Gasteiger partial charge in [0.05, 0.1) is 24.7 Å². The molecule has 0 saturated heterocycles. The van der Waals surface area contributed by atoms with Gasteiger partial charge in [-0.15, -0.1) is 0 Å². The third-order valence-electron chi connectivity index (χ3n) is 2.97. The normalized spacial score (nSPS) is 10.4. The van der Waals surface area contributed by atoms with Crippen LogP contribution in [0.25, 0.3) is 0 Å². The maximum atomic E-state index is 11.0. The van der Waals surface area contributed by atoms with Crippen molar-refractivity contribution in [1.82, 2.24) is 4.57 Å². The van der Waals surface area contributed by atoms with E-state index in [0.29, 0.717) is 18.5 Å². The van der Waals surface area contributed by atoms with Crippen molar-refractivity contribution in [3.63, 3.8) is 0 Å². The fraction of sp³-hybridized carbons (Fsp3) is 0.214. The van der Waals surface area contributed by atoms with E-state index < -0.39 is 11.9 Å². The molecule has 104 valence electrons. The summed E-state index contributed by atoms with van der Waals surface area (Å²) in [6.07, 6.45) is 6.27. The lowest BCUT2D eigenvalue weighted by Gasteiger charge is -2.04. The molecule has 0 radical (unpaired) electrons. The lowest BCUT2D eigenvalue weighted by molar-refractivity contribution is -0.695. The Labute approximate surface area is 115 Å². The number of aromatic nitrogens is 2. The standard InChI is InChI=1S/C14H14N2O4/c1-15-4-5-16(9-15)3-2-10-6-11(13(17)18)8-12(7-10)14(19)20/h4-9H,2-3H2,1H3,(H-,17,18,19,20)/p+1. The van der Waals surface area contributed by atoms with E-state index in [1.807, 2.05) is 34.9 Å². The number of aryl methyl sites for hydroxylation is 3. The first-order chi connectivity index (χ1) is 9.45.